The van der Waals surface area contributed by atoms with Crippen LogP contribution in [0.5, 0.6) is 0 Å². The molecular formula is C15H15ClN4O3. The van der Waals surface area contributed by atoms with Crippen molar-refractivity contribution >= 4 is 17.6 Å². The van der Waals surface area contributed by atoms with Crippen molar-refractivity contribution in [2.75, 3.05) is 0 Å². The summed E-state index contributed by atoms with van der Waals surface area (Å²) in [5.74, 6) is -0.749. The highest BCUT2D eigenvalue weighted by Gasteiger charge is 2.31. The number of hydrogen-bond donors (Lipinski definition) is 2. The molecule has 1 aromatic heterocycles. The second-order valence-corrected chi connectivity index (χ2v) is 5.39. The number of aliphatic hydroxyl groups excluding tert-OH is 1. The second-order valence-electron chi connectivity index (χ2n) is 5.01. The van der Waals surface area contributed by atoms with Crippen molar-refractivity contribution in [2.45, 2.75) is 26.2 Å². The molecule has 120 valence electrons. The van der Waals surface area contributed by atoms with Crippen LogP contribution in [0.2, 0.25) is 0 Å². The van der Waals surface area contributed by atoms with Gasteiger partial charge in [0.05, 0.1) is 18.4 Å². The number of cyclic esters (lactones) is 1. The first-order valence-electron chi connectivity index (χ1n) is 7.11. The van der Waals surface area contributed by atoms with Crippen LogP contribution < -0.4 is 5.32 Å². The number of rotatable bonds is 5. The molecule has 0 bridgehead atoms. The van der Waals surface area contributed by atoms with Crippen LogP contribution in [-0.4, -0.2) is 32.4 Å². The van der Waals surface area contributed by atoms with Gasteiger partial charge in [-0.25, -0.2) is 9.48 Å². The van der Waals surface area contributed by atoms with Crippen molar-refractivity contribution < 1.29 is 14.6 Å². The van der Waals surface area contributed by atoms with Crippen LogP contribution in [0.15, 0.2) is 41.2 Å². The van der Waals surface area contributed by atoms with E-state index in [-0.39, 0.29) is 17.3 Å². The summed E-state index contributed by atoms with van der Waals surface area (Å²) in [6, 6.07) is 8.02. The minimum atomic E-state index is -1.37. The second kappa shape index (κ2) is 6.39. The number of aliphatic hydroxyl groups is 1. The van der Waals surface area contributed by atoms with Crippen molar-refractivity contribution in [1.82, 2.24) is 20.3 Å². The standard InChI is InChI=1S/C15H15ClN4O3/c1-2-9-3-5-11(6-4-9)20-8-10(18-19-20)7-17-13-12(16)14(21)23-15(13)22/h3-6,8,15,17,22H,2,7H2,1H3. The zero-order valence-electron chi connectivity index (χ0n) is 12.4. The largest absolute Gasteiger partial charge is 0.425 e. The number of aromatic nitrogens is 3. The van der Waals surface area contributed by atoms with E-state index >= 15 is 0 Å². The zero-order chi connectivity index (χ0) is 16.4. The third-order valence-electron chi connectivity index (χ3n) is 3.49. The van der Waals surface area contributed by atoms with Gasteiger partial charge in [0, 0.05) is 0 Å². The van der Waals surface area contributed by atoms with Crippen molar-refractivity contribution in [3.63, 3.8) is 0 Å². The average Bonchev–Trinajstić information content (AvgIpc) is 3.12. The average molecular weight is 335 g/mol. The summed E-state index contributed by atoms with van der Waals surface area (Å²) in [5, 5.41) is 20.3. The van der Waals surface area contributed by atoms with E-state index in [0.717, 1.165) is 12.1 Å². The molecule has 1 aromatic carbocycles. The maximum Gasteiger partial charge on any atom is 0.354 e. The first-order valence-corrected chi connectivity index (χ1v) is 7.49. The number of benzene rings is 1. The topological polar surface area (TPSA) is 89.3 Å². The molecule has 1 atom stereocenters. The van der Waals surface area contributed by atoms with Crippen LogP contribution >= 0.6 is 11.6 Å². The Bertz CT molecular complexity index is 754. The number of ether oxygens (including phenoxy) is 1. The Morgan fingerprint density at radius 3 is 2.74 bits per heavy atom. The van der Waals surface area contributed by atoms with Crippen LogP contribution in [0.4, 0.5) is 0 Å². The number of nitrogens with one attached hydrogen (secondary N) is 1. The lowest BCUT2D eigenvalue weighted by atomic mass is 10.1. The van der Waals surface area contributed by atoms with E-state index in [9.17, 15) is 9.90 Å². The lowest BCUT2D eigenvalue weighted by Gasteiger charge is -2.08. The molecule has 7 nitrogen and oxygen atoms in total. The molecule has 0 radical (unpaired) electrons. The summed E-state index contributed by atoms with van der Waals surface area (Å²) in [7, 11) is 0. The molecule has 1 aliphatic rings. The van der Waals surface area contributed by atoms with E-state index in [1.165, 1.54) is 5.56 Å². The molecule has 2 heterocycles. The van der Waals surface area contributed by atoms with E-state index in [1.807, 2.05) is 24.3 Å². The van der Waals surface area contributed by atoms with Gasteiger partial charge in [0.25, 0.3) is 0 Å². The summed E-state index contributed by atoms with van der Waals surface area (Å²) < 4.78 is 6.23. The predicted molar refractivity (Wildman–Crippen MR) is 82.6 cm³/mol. The van der Waals surface area contributed by atoms with Gasteiger partial charge in [0.2, 0.25) is 6.29 Å². The summed E-state index contributed by atoms with van der Waals surface area (Å²) in [4.78, 5) is 11.2. The molecule has 0 amide bonds. The van der Waals surface area contributed by atoms with Crippen LogP contribution in [-0.2, 0) is 22.5 Å². The van der Waals surface area contributed by atoms with Crippen molar-refractivity contribution in [3.05, 3.63) is 52.4 Å². The molecule has 1 unspecified atom stereocenters. The minimum Gasteiger partial charge on any atom is -0.425 e. The van der Waals surface area contributed by atoms with Gasteiger partial charge in [-0.1, -0.05) is 35.9 Å². The van der Waals surface area contributed by atoms with Gasteiger partial charge in [-0.3, -0.25) is 0 Å². The van der Waals surface area contributed by atoms with Crippen molar-refractivity contribution in [3.8, 4) is 5.69 Å². The molecule has 1 aliphatic heterocycles. The summed E-state index contributed by atoms with van der Waals surface area (Å²) in [6.45, 7) is 2.35. The summed E-state index contributed by atoms with van der Waals surface area (Å²) in [6.07, 6.45) is 1.37. The first kappa shape index (κ1) is 15.5. The van der Waals surface area contributed by atoms with Gasteiger partial charge in [0.15, 0.2) is 5.03 Å². The van der Waals surface area contributed by atoms with E-state index in [4.69, 9.17) is 11.6 Å². The van der Waals surface area contributed by atoms with E-state index < -0.39 is 12.3 Å². The molecule has 0 saturated heterocycles. The first-order chi connectivity index (χ1) is 11.1. The van der Waals surface area contributed by atoms with Gasteiger partial charge in [-0.15, -0.1) is 5.10 Å². The molecule has 0 saturated carbocycles. The van der Waals surface area contributed by atoms with Gasteiger partial charge < -0.3 is 15.2 Å². The number of hydrogen-bond acceptors (Lipinski definition) is 6. The van der Waals surface area contributed by atoms with Gasteiger partial charge in [0.1, 0.15) is 11.4 Å². The molecule has 0 fully saturated rings. The zero-order valence-corrected chi connectivity index (χ0v) is 13.1. The highest BCUT2D eigenvalue weighted by atomic mass is 35.5. The van der Waals surface area contributed by atoms with Gasteiger partial charge in [-0.05, 0) is 24.1 Å². The van der Waals surface area contributed by atoms with Crippen LogP contribution in [0.3, 0.4) is 0 Å². The maximum absolute atomic E-state index is 11.2. The number of halogens is 1. The smallest absolute Gasteiger partial charge is 0.354 e. The highest BCUT2D eigenvalue weighted by molar-refractivity contribution is 6.42. The van der Waals surface area contributed by atoms with E-state index in [1.54, 1.807) is 10.9 Å². The van der Waals surface area contributed by atoms with E-state index in [2.05, 4.69) is 27.3 Å². The van der Waals surface area contributed by atoms with Gasteiger partial charge >= 0.3 is 5.97 Å². The Kier molecular flexibility index (Phi) is 4.31. The molecule has 3 rings (SSSR count). The molecule has 2 aromatic rings. The number of esters is 1. The van der Waals surface area contributed by atoms with Crippen LogP contribution in [0, 0.1) is 0 Å². The number of nitrogens with zero attached hydrogens (tertiary/aromatic N) is 3. The molecule has 0 aliphatic carbocycles. The Morgan fingerprint density at radius 2 is 2.13 bits per heavy atom. The van der Waals surface area contributed by atoms with Gasteiger partial charge in [-0.2, -0.15) is 0 Å². The SMILES string of the molecule is CCc1ccc(-n2cc(CNC3=C(Cl)C(=O)OC3O)nn2)cc1. The Hall–Kier alpha value is -2.38. The fraction of sp³-hybridized carbons (Fsp3) is 0.267. The Balaban J connectivity index is 1.69. The fourth-order valence-electron chi connectivity index (χ4n) is 2.17. The molecule has 23 heavy (non-hydrogen) atoms. The lowest BCUT2D eigenvalue weighted by Crippen LogP contribution is -2.22. The van der Waals surface area contributed by atoms with Crippen molar-refractivity contribution in [1.29, 1.82) is 0 Å². The number of carbonyl (C=O) groups is 1. The normalized spacial score (nSPS) is 17.5. The highest BCUT2D eigenvalue weighted by Crippen LogP contribution is 2.22. The fourth-order valence-corrected chi connectivity index (χ4v) is 2.38. The Morgan fingerprint density at radius 1 is 1.39 bits per heavy atom. The molecule has 8 heteroatoms. The molecule has 2 N–H and O–H groups in total. The predicted octanol–water partition coefficient (Wildman–Crippen LogP) is 1.24. The van der Waals surface area contributed by atoms with E-state index in [0.29, 0.717) is 5.69 Å². The maximum atomic E-state index is 11.2. The summed E-state index contributed by atoms with van der Waals surface area (Å²) >= 11 is 5.76. The van der Waals surface area contributed by atoms with Crippen molar-refractivity contribution in [2.24, 2.45) is 0 Å². The molecule has 0 spiro atoms. The minimum absolute atomic E-state index is 0.138. The van der Waals surface area contributed by atoms with Crippen LogP contribution in [0.25, 0.3) is 5.69 Å². The molecular weight excluding hydrogens is 320 g/mol. The third kappa shape index (κ3) is 3.20. The number of aryl methyl sites for hydroxylation is 1. The quantitative estimate of drug-likeness (QED) is 0.800. The van der Waals surface area contributed by atoms with Crippen LogP contribution in [0.1, 0.15) is 18.2 Å². The monoisotopic (exact) mass is 334 g/mol. The Labute approximate surface area is 137 Å². The lowest BCUT2D eigenvalue weighted by molar-refractivity contribution is -0.151. The third-order valence-corrected chi connectivity index (χ3v) is 3.85. The number of carbonyl (C=O) groups excluding carboxylic acids is 1. The summed E-state index contributed by atoms with van der Waals surface area (Å²) in [5.41, 5.74) is 2.92.